The Morgan fingerprint density at radius 3 is 2.50 bits per heavy atom. The first-order valence-electron chi connectivity index (χ1n) is 6.97. The van der Waals surface area contributed by atoms with Crippen molar-refractivity contribution in [3.8, 4) is 0 Å². The Labute approximate surface area is 116 Å². The molecule has 1 nitrogen and oxygen atoms in total. The Bertz CT molecular complexity index is 390. The molecule has 1 atom stereocenters. The van der Waals surface area contributed by atoms with Crippen LogP contribution in [0.15, 0.2) is 24.3 Å². The first kappa shape index (κ1) is 13.9. The topological polar surface area (TPSA) is 26.0 Å². The van der Waals surface area contributed by atoms with Crippen molar-refractivity contribution in [2.45, 2.75) is 52.0 Å². The maximum Gasteiger partial charge on any atom is 0.0438 e. The monoisotopic (exact) mass is 265 g/mol. The molecule has 1 fully saturated rings. The quantitative estimate of drug-likeness (QED) is 0.860. The molecule has 1 unspecified atom stereocenters. The predicted molar refractivity (Wildman–Crippen MR) is 78.9 cm³/mol. The average molecular weight is 266 g/mol. The minimum absolute atomic E-state index is 0.251. The van der Waals surface area contributed by atoms with Gasteiger partial charge < -0.3 is 5.73 Å². The van der Waals surface area contributed by atoms with Crippen molar-refractivity contribution in [1.29, 1.82) is 0 Å². The molecule has 2 heteroatoms. The van der Waals surface area contributed by atoms with Crippen LogP contribution in [0.4, 0.5) is 0 Å². The Hall–Kier alpha value is -0.530. The van der Waals surface area contributed by atoms with Gasteiger partial charge in [0.2, 0.25) is 0 Å². The third kappa shape index (κ3) is 3.49. The van der Waals surface area contributed by atoms with E-state index in [1.807, 2.05) is 18.2 Å². The predicted octanol–water partition coefficient (Wildman–Crippen LogP) is 4.43. The van der Waals surface area contributed by atoms with Crippen molar-refractivity contribution in [3.05, 3.63) is 34.9 Å². The van der Waals surface area contributed by atoms with Gasteiger partial charge in [0, 0.05) is 11.1 Å². The zero-order valence-electron chi connectivity index (χ0n) is 11.5. The fourth-order valence-corrected chi connectivity index (χ4v) is 3.15. The summed E-state index contributed by atoms with van der Waals surface area (Å²) in [4.78, 5) is 0. The molecule has 1 aliphatic carbocycles. The van der Waals surface area contributed by atoms with E-state index in [4.69, 9.17) is 17.3 Å². The molecule has 0 amide bonds. The van der Waals surface area contributed by atoms with Crippen LogP contribution in [0.1, 0.15) is 45.1 Å². The molecule has 1 saturated carbocycles. The second-order valence-corrected chi connectivity index (χ2v) is 6.87. The van der Waals surface area contributed by atoms with Crippen LogP contribution in [0, 0.1) is 11.3 Å². The zero-order chi connectivity index (χ0) is 13.2. The Kier molecular flexibility index (Phi) is 4.34. The van der Waals surface area contributed by atoms with Crippen LogP contribution in [-0.2, 0) is 6.42 Å². The summed E-state index contributed by atoms with van der Waals surface area (Å²) in [5.41, 5.74) is 8.08. The lowest BCUT2D eigenvalue weighted by Gasteiger charge is -2.37. The molecular weight excluding hydrogens is 242 g/mol. The number of benzene rings is 1. The molecule has 0 heterocycles. The van der Waals surface area contributed by atoms with Crippen LogP contribution in [0.2, 0.25) is 5.02 Å². The fraction of sp³-hybridized carbons (Fsp3) is 0.625. The van der Waals surface area contributed by atoms with E-state index in [1.54, 1.807) is 0 Å². The summed E-state index contributed by atoms with van der Waals surface area (Å²) in [6.07, 6.45) is 6.03. The number of hydrogen-bond acceptors (Lipinski definition) is 1. The minimum atomic E-state index is 0.251. The summed E-state index contributed by atoms with van der Waals surface area (Å²) >= 11 is 6.20. The molecule has 18 heavy (non-hydrogen) atoms. The lowest BCUT2D eigenvalue weighted by Crippen LogP contribution is -2.36. The maximum atomic E-state index is 6.38. The van der Waals surface area contributed by atoms with Crippen LogP contribution in [0.5, 0.6) is 0 Å². The number of halogens is 1. The highest BCUT2D eigenvalue weighted by atomic mass is 35.5. The molecule has 1 aromatic carbocycles. The lowest BCUT2D eigenvalue weighted by atomic mass is 9.70. The number of hydrogen-bond donors (Lipinski definition) is 1. The molecule has 0 spiro atoms. The van der Waals surface area contributed by atoms with Crippen LogP contribution >= 0.6 is 11.6 Å². The van der Waals surface area contributed by atoms with Gasteiger partial charge in [0.1, 0.15) is 0 Å². The van der Waals surface area contributed by atoms with Crippen molar-refractivity contribution in [2.75, 3.05) is 0 Å². The first-order valence-corrected chi connectivity index (χ1v) is 7.35. The van der Waals surface area contributed by atoms with Gasteiger partial charge in [0.05, 0.1) is 0 Å². The van der Waals surface area contributed by atoms with Gasteiger partial charge in [-0.25, -0.2) is 0 Å². The zero-order valence-corrected chi connectivity index (χ0v) is 12.2. The van der Waals surface area contributed by atoms with Crippen LogP contribution in [0.3, 0.4) is 0 Å². The average Bonchev–Trinajstić information content (AvgIpc) is 2.32. The number of rotatable bonds is 3. The van der Waals surface area contributed by atoms with Gasteiger partial charge in [-0.1, -0.05) is 43.6 Å². The summed E-state index contributed by atoms with van der Waals surface area (Å²) < 4.78 is 0. The second kappa shape index (κ2) is 5.63. The molecule has 2 N–H and O–H groups in total. The summed E-state index contributed by atoms with van der Waals surface area (Å²) in [7, 11) is 0. The standard InChI is InChI=1S/C16H24ClN/c1-16(2)9-7-12(8-10-16)15(18)11-13-5-3-4-6-14(13)17/h3-6,12,15H,7-11,18H2,1-2H3. The van der Waals surface area contributed by atoms with Gasteiger partial charge in [-0.15, -0.1) is 0 Å². The highest BCUT2D eigenvalue weighted by Crippen LogP contribution is 2.39. The maximum absolute atomic E-state index is 6.38. The lowest BCUT2D eigenvalue weighted by molar-refractivity contribution is 0.173. The van der Waals surface area contributed by atoms with Crippen LogP contribution < -0.4 is 5.73 Å². The summed E-state index contributed by atoms with van der Waals surface area (Å²) in [6.45, 7) is 4.73. The largest absolute Gasteiger partial charge is 0.327 e. The highest BCUT2D eigenvalue weighted by molar-refractivity contribution is 6.31. The second-order valence-electron chi connectivity index (χ2n) is 6.46. The molecular formula is C16H24ClN. The summed E-state index contributed by atoms with van der Waals surface area (Å²) in [5.74, 6) is 0.661. The van der Waals surface area contributed by atoms with Gasteiger partial charge in [0.25, 0.3) is 0 Å². The van der Waals surface area contributed by atoms with Crippen molar-refractivity contribution in [2.24, 2.45) is 17.1 Å². The van der Waals surface area contributed by atoms with Gasteiger partial charge in [0.15, 0.2) is 0 Å². The molecule has 0 bridgehead atoms. The van der Waals surface area contributed by atoms with Gasteiger partial charge >= 0.3 is 0 Å². The molecule has 0 aliphatic heterocycles. The summed E-state index contributed by atoms with van der Waals surface area (Å²) in [5, 5.41) is 0.851. The van der Waals surface area contributed by atoms with E-state index in [0.717, 1.165) is 11.4 Å². The van der Waals surface area contributed by atoms with Crippen molar-refractivity contribution in [1.82, 2.24) is 0 Å². The van der Waals surface area contributed by atoms with Gasteiger partial charge in [-0.3, -0.25) is 0 Å². The molecule has 1 aromatic rings. The smallest absolute Gasteiger partial charge is 0.0438 e. The molecule has 2 rings (SSSR count). The van der Waals surface area contributed by atoms with E-state index < -0.39 is 0 Å². The Morgan fingerprint density at radius 1 is 1.28 bits per heavy atom. The van der Waals surface area contributed by atoms with Crippen LogP contribution in [0.25, 0.3) is 0 Å². The fourth-order valence-electron chi connectivity index (χ4n) is 2.93. The van der Waals surface area contributed by atoms with E-state index in [9.17, 15) is 0 Å². The minimum Gasteiger partial charge on any atom is -0.327 e. The summed E-state index contributed by atoms with van der Waals surface area (Å²) in [6, 6.07) is 8.31. The van der Waals surface area contributed by atoms with E-state index in [2.05, 4.69) is 19.9 Å². The normalized spacial score (nSPS) is 21.8. The van der Waals surface area contributed by atoms with E-state index in [1.165, 1.54) is 31.2 Å². The molecule has 0 aromatic heterocycles. The highest BCUT2D eigenvalue weighted by Gasteiger charge is 2.29. The first-order chi connectivity index (χ1) is 8.48. The SMILES string of the molecule is CC1(C)CCC(C(N)Cc2ccccc2Cl)CC1. The molecule has 0 radical (unpaired) electrons. The third-order valence-electron chi connectivity index (χ3n) is 4.40. The Morgan fingerprint density at radius 2 is 1.89 bits per heavy atom. The van der Waals surface area contributed by atoms with E-state index in [-0.39, 0.29) is 6.04 Å². The third-order valence-corrected chi connectivity index (χ3v) is 4.77. The van der Waals surface area contributed by atoms with Crippen molar-refractivity contribution in [3.63, 3.8) is 0 Å². The molecule has 100 valence electrons. The van der Waals surface area contributed by atoms with E-state index in [0.29, 0.717) is 11.3 Å². The van der Waals surface area contributed by atoms with Gasteiger partial charge in [-0.2, -0.15) is 0 Å². The number of nitrogens with two attached hydrogens (primary N) is 1. The van der Waals surface area contributed by atoms with Gasteiger partial charge in [-0.05, 0) is 55.1 Å². The Balaban J connectivity index is 1.93. The van der Waals surface area contributed by atoms with Crippen molar-refractivity contribution >= 4 is 11.6 Å². The van der Waals surface area contributed by atoms with E-state index >= 15 is 0 Å². The van der Waals surface area contributed by atoms with Crippen molar-refractivity contribution < 1.29 is 0 Å². The molecule has 0 saturated heterocycles. The van der Waals surface area contributed by atoms with Crippen LogP contribution in [-0.4, -0.2) is 6.04 Å². The molecule has 1 aliphatic rings.